The molecule has 2 aliphatic heterocycles. The third-order valence-corrected chi connectivity index (χ3v) is 5.37. The largest absolute Gasteiger partial charge is 0.468 e. The van der Waals surface area contributed by atoms with Gasteiger partial charge in [-0.1, -0.05) is 12.2 Å². The normalized spacial score (nSPS) is 51.4. The van der Waals surface area contributed by atoms with Gasteiger partial charge in [0.25, 0.3) is 0 Å². The Labute approximate surface area is 87.9 Å². The molecule has 0 saturated heterocycles. The predicted octanol–water partition coefficient (Wildman–Crippen LogP) is 2.93. The van der Waals surface area contributed by atoms with Crippen molar-refractivity contribution in [3.05, 3.63) is 35.7 Å². The second kappa shape index (κ2) is 2.48. The number of rotatable bonds is 0. The lowest BCUT2D eigenvalue weighted by molar-refractivity contribution is 0.283. The van der Waals surface area contributed by atoms with Crippen LogP contribution in [0.1, 0.15) is 6.42 Å². The van der Waals surface area contributed by atoms with E-state index in [9.17, 15) is 0 Å². The van der Waals surface area contributed by atoms with E-state index in [1.54, 1.807) is 0 Å². The summed E-state index contributed by atoms with van der Waals surface area (Å²) in [6.07, 6.45) is 10.4. The lowest BCUT2D eigenvalue weighted by Crippen LogP contribution is -2.30. The van der Waals surface area contributed by atoms with Crippen molar-refractivity contribution in [2.24, 2.45) is 23.7 Å². The molecule has 0 aromatic heterocycles. The second-order valence-electron chi connectivity index (χ2n) is 4.62. The summed E-state index contributed by atoms with van der Waals surface area (Å²) in [6.45, 7) is 0. The summed E-state index contributed by atoms with van der Waals surface area (Å²) in [5.41, 5.74) is 0. The molecule has 1 saturated carbocycles. The third-order valence-electron chi connectivity index (χ3n) is 4.02. The first-order valence-electron chi connectivity index (χ1n) is 5.31. The molecule has 0 aromatic carbocycles. The van der Waals surface area contributed by atoms with Crippen LogP contribution in [0.2, 0.25) is 0 Å². The highest BCUT2D eigenvalue weighted by molar-refractivity contribution is 8.02. The van der Waals surface area contributed by atoms with E-state index in [0.29, 0.717) is 5.92 Å². The first kappa shape index (κ1) is 7.63. The molecule has 14 heavy (non-hydrogen) atoms. The molecule has 0 spiro atoms. The van der Waals surface area contributed by atoms with Crippen LogP contribution in [0.3, 0.4) is 0 Å². The van der Waals surface area contributed by atoms with Crippen LogP contribution in [-0.4, -0.2) is 5.25 Å². The number of fused-ring (bicyclic) bond motifs is 7. The molecule has 5 atom stereocenters. The van der Waals surface area contributed by atoms with Gasteiger partial charge in [-0.15, -0.1) is 11.8 Å². The molecule has 2 heteroatoms. The molecule has 4 rings (SSSR count). The molecule has 0 amide bonds. The van der Waals surface area contributed by atoms with Crippen molar-refractivity contribution in [3.63, 3.8) is 0 Å². The van der Waals surface area contributed by atoms with Gasteiger partial charge in [-0.25, -0.2) is 0 Å². The van der Waals surface area contributed by atoms with E-state index in [1.165, 1.54) is 12.2 Å². The quantitative estimate of drug-likeness (QED) is 0.561. The lowest BCUT2D eigenvalue weighted by Gasteiger charge is -2.34. The predicted molar refractivity (Wildman–Crippen MR) is 57.4 cm³/mol. The van der Waals surface area contributed by atoms with Gasteiger partial charge in [0.15, 0.2) is 0 Å². The molecule has 0 aromatic rings. The number of hydrogen-bond donors (Lipinski definition) is 0. The minimum Gasteiger partial charge on any atom is -0.468 e. The zero-order chi connectivity index (χ0) is 9.12. The van der Waals surface area contributed by atoms with Crippen molar-refractivity contribution < 1.29 is 4.74 Å². The number of hydrogen-bond acceptors (Lipinski definition) is 2. The van der Waals surface area contributed by atoms with Crippen molar-refractivity contribution in [2.45, 2.75) is 11.7 Å². The topological polar surface area (TPSA) is 9.23 Å². The molecule has 2 heterocycles. The SMILES string of the molecule is C1=C[C@@H]2C(=CS[C@@H]3[C@H]2[C@H]2C=C[C@@H]3C2)O1. The van der Waals surface area contributed by atoms with Gasteiger partial charge < -0.3 is 4.74 Å². The van der Waals surface area contributed by atoms with Gasteiger partial charge in [0.05, 0.1) is 6.26 Å². The molecule has 2 aliphatic carbocycles. The fourth-order valence-electron chi connectivity index (χ4n) is 3.42. The minimum absolute atomic E-state index is 0.584. The zero-order valence-electron chi connectivity index (χ0n) is 7.80. The van der Waals surface area contributed by atoms with E-state index in [4.69, 9.17) is 4.74 Å². The van der Waals surface area contributed by atoms with Gasteiger partial charge in [-0.05, 0) is 30.3 Å². The Morgan fingerprint density at radius 3 is 3.14 bits per heavy atom. The summed E-state index contributed by atoms with van der Waals surface area (Å²) in [4.78, 5) is 0. The van der Waals surface area contributed by atoms with Crippen LogP contribution < -0.4 is 0 Å². The maximum atomic E-state index is 5.51. The number of ether oxygens (including phenoxy) is 1. The standard InChI is InChI=1S/C12H12OS/c1-2-8-5-7(1)11-9-3-4-13-10(9)6-14-12(8)11/h1-4,6-9,11-12H,5H2/t7-,8+,9+,11-,12-/m0/s1. The summed E-state index contributed by atoms with van der Waals surface area (Å²) >= 11 is 2.00. The summed E-state index contributed by atoms with van der Waals surface area (Å²) in [6, 6.07) is 0. The van der Waals surface area contributed by atoms with Crippen molar-refractivity contribution in [1.29, 1.82) is 0 Å². The highest BCUT2D eigenvalue weighted by Gasteiger charge is 2.51. The van der Waals surface area contributed by atoms with Gasteiger partial charge in [-0.2, -0.15) is 0 Å². The average Bonchev–Trinajstić information content (AvgIpc) is 2.92. The van der Waals surface area contributed by atoms with Crippen molar-refractivity contribution in [3.8, 4) is 0 Å². The van der Waals surface area contributed by atoms with Crippen LogP contribution >= 0.6 is 11.8 Å². The Morgan fingerprint density at radius 1 is 1.21 bits per heavy atom. The van der Waals surface area contributed by atoms with Crippen LogP contribution in [0.5, 0.6) is 0 Å². The van der Waals surface area contributed by atoms with E-state index in [0.717, 1.165) is 23.0 Å². The first-order valence-corrected chi connectivity index (χ1v) is 6.25. The molecule has 1 fully saturated rings. The van der Waals surface area contributed by atoms with Gasteiger partial charge in [0.1, 0.15) is 5.76 Å². The Kier molecular flexibility index (Phi) is 1.35. The van der Waals surface area contributed by atoms with E-state index < -0.39 is 0 Å². The highest BCUT2D eigenvalue weighted by atomic mass is 32.2. The van der Waals surface area contributed by atoms with E-state index in [2.05, 4.69) is 23.6 Å². The fraction of sp³-hybridized carbons (Fsp3) is 0.500. The molecule has 0 unspecified atom stereocenters. The summed E-state index contributed by atoms with van der Waals surface area (Å²) in [5.74, 6) is 4.24. The van der Waals surface area contributed by atoms with Gasteiger partial charge >= 0.3 is 0 Å². The second-order valence-corrected chi connectivity index (χ2v) is 5.67. The lowest BCUT2D eigenvalue weighted by atomic mass is 9.81. The molecule has 4 aliphatic rings. The number of allylic oxidation sites excluding steroid dienone is 3. The summed E-state index contributed by atoms with van der Waals surface area (Å²) in [7, 11) is 0. The van der Waals surface area contributed by atoms with Gasteiger partial charge in [0.2, 0.25) is 0 Å². The first-order chi connectivity index (χ1) is 6.93. The molecule has 2 bridgehead atoms. The van der Waals surface area contributed by atoms with Gasteiger partial charge in [-0.3, -0.25) is 0 Å². The third kappa shape index (κ3) is 0.789. The van der Waals surface area contributed by atoms with E-state index in [-0.39, 0.29) is 0 Å². The molecular formula is C12H12OS. The van der Waals surface area contributed by atoms with Crippen molar-refractivity contribution >= 4 is 11.8 Å². The van der Waals surface area contributed by atoms with Crippen molar-refractivity contribution in [1.82, 2.24) is 0 Å². The van der Waals surface area contributed by atoms with E-state index >= 15 is 0 Å². The molecular weight excluding hydrogens is 192 g/mol. The van der Waals surface area contributed by atoms with Crippen LogP contribution in [0.25, 0.3) is 0 Å². The fourth-order valence-corrected chi connectivity index (χ4v) is 4.88. The smallest absolute Gasteiger partial charge is 0.117 e. The van der Waals surface area contributed by atoms with Crippen LogP contribution in [0, 0.1) is 23.7 Å². The zero-order valence-corrected chi connectivity index (χ0v) is 8.61. The Balaban J connectivity index is 1.79. The van der Waals surface area contributed by atoms with Crippen molar-refractivity contribution in [2.75, 3.05) is 0 Å². The van der Waals surface area contributed by atoms with E-state index in [1.807, 2.05) is 18.0 Å². The van der Waals surface area contributed by atoms with Crippen LogP contribution in [-0.2, 0) is 4.74 Å². The Hall–Kier alpha value is -0.630. The summed E-state index contributed by atoms with van der Waals surface area (Å²) < 4.78 is 5.51. The highest BCUT2D eigenvalue weighted by Crippen LogP contribution is 2.57. The molecule has 72 valence electrons. The monoisotopic (exact) mass is 204 g/mol. The molecule has 0 radical (unpaired) electrons. The Bertz CT molecular complexity index is 369. The maximum absolute atomic E-state index is 5.51. The summed E-state index contributed by atoms with van der Waals surface area (Å²) in [5, 5.41) is 3.06. The average molecular weight is 204 g/mol. The maximum Gasteiger partial charge on any atom is 0.117 e. The molecule has 1 nitrogen and oxygen atoms in total. The Morgan fingerprint density at radius 2 is 2.14 bits per heavy atom. The minimum atomic E-state index is 0.584. The van der Waals surface area contributed by atoms with Crippen LogP contribution in [0.15, 0.2) is 35.7 Å². The molecule has 0 N–H and O–H groups in total. The number of thioether (sulfide) groups is 1. The van der Waals surface area contributed by atoms with Crippen LogP contribution in [0.4, 0.5) is 0 Å². The van der Waals surface area contributed by atoms with Gasteiger partial charge in [0, 0.05) is 16.6 Å².